The van der Waals surface area contributed by atoms with Crippen molar-refractivity contribution < 1.29 is 28.8 Å². The summed E-state index contributed by atoms with van der Waals surface area (Å²) in [5.74, 6) is 0.454. The molecule has 8 heteroatoms. The van der Waals surface area contributed by atoms with Crippen molar-refractivity contribution in [1.29, 1.82) is 0 Å². The van der Waals surface area contributed by atoms with Crippen LogP contribution in [0.5, 0.6) is 17.2 Å². The van der Waals surface area contributed by atoms with Crippen molar-refractivity contribution in [3.63, 3.8) is 0 Å². The fourth-order valence-electron chi connectivity index (χ4n) is 4.02. The molecule has 2 aromatic rings. The predicted octanol–water partition coefficient (Wildman–Crippen LogP) is 3.82. The molecule has 4 rings (SSSR count). The smallest absolute Gasteiger partial charge is 0.341 e. The van der Waals surface area contributed by atoms with Gasteiger partial charge in [0.15, 0.2) is 11.5 Å². The number of aromatic nitrogens is 1. The molecule has 1 fully saturated rings. The largest absolute Gasteiger partial charge is 0.493 e. The number of aromatic carboxylic acids is 1. The van der Waals surface area contributed by atoms with Crippen molar-refractivity contribution >= 4 is 5.97 Å². The van der Waals surface area contributed by atoms with Crippen LogP contribution in [0.25, 0.3) is 11.3 Å². The third kappa shape index (κ3) is 3.87. The first-order valence-electron chi connectivity index (χ1n) is 10.5. The van der Waals surface area contributed by atoms with Crippen LogP contribution in [-0.2, 0) is 4.74 Å². The van der Waals surface area contributed by atoms with Crippen molar-refractivity contribution in [3.05, 3.63) is 39.7 Å². The first kappa shape index (κ1) is 21.2. The quantitative estimate of drug-likeness (QED) is 0.606. The van der Waals surface area contributed by atoms with Crippen LogP contribution >= 0.6 is 0 Å². The fourth-order valence-corrected chi connectivity index (χ4v) is 4.02. The summed E-state index contributed by atoms with van der Waals surface area (Å²) in [6.07, 6.45) is 2.70. The van der Waals surface area contributed by atoms with Gasteiger partial charge >= 0.3 is 5.97 Å². The van der Waals surface area contributed by atoms with E-state index in [1.54, 1.807) is 24.9 Å². The minimum Gasteiger partial charge on any atom is -0.493 e. The SMILES string of the molecule is CCC1Oc2cc(OCCCOC)c(OC)cc2-c2c1cc(C(=O)O)c(=O)n2C1CC1. The van der Waals surface area contributed by atoms with Gasteiger partial charge in [-0.3, -0.25) is 4.79 Å². The second-order valence-corrected chi connectivity index (χ2v) is 7.78. The average molecular weight is 429 g/mol. The first-order chi connectivity index (χ1) is 15.0. The monoisotopic (exact) mass is 429 g/mol. The van der Waals surface area contributed by atoms with Crippen molar-refractivity contribution in [2.24, 2.45) is 0 Å². The molecule has 0 bridgehead atoms. The number of nitrogens with zero attached hydrogens (tertiary/aromatic N) is 1. The van der Waals surface area contributed by atoms with E-state index in [1.165, 1.54) is 6.07 Å². The summed E-state index contributed by atoms with van der Waals surface area (Å²) in [6.45, 7) is 3.03. The molecule has 2 heterocycles. The maximum Gasteiger partial charge on any atom is 0.341 e. The highest BCUT2D eigenvalue weighted by Gasteiger charge is 2.36. The van der Waals surface area contributed by atoms with Gasteiger partial charge in [-0.25, -0.2) is 4.79 Å². The van der Waals surface area contributed by atoms with Gasteiger partial charge in [0.05, 0.1) is 19.4 Å². The molecule has 0 radical (unpaired) electrons. The Morgan fingerprint density at radius 3 is 2.58 bits per heavy atom. The number of benzene rings is 1. The second-order valence-electron chi connectivity index (χ2n) is 7.78. The number of hydrogen-bond donors (Lipinski definition) is 1. The fraction of sp³-hybridized carbons (Fsp3) is 0.478. The summed E-state index contributed by atoms with van der Waals surface area (Å²) < 4.78 is 24.4. The van der Waals surface area contributed by atoms with Gasteiger partial charge in [0.1, 0.15) is 17.4 Å². The number of rotatable bonds is 9. The van der Waals surface area contributed by atoms with Gasteiger partial charge in [-0.15, -0.1) is 0 Å². The molecule has 166 valence electrons. The summed E-state index contributed by atoms with van der Waals surface area (Å²) in [6, 6.07) is 5.07. The zero-order valence-corrected chi connectivity index (χ0v) is 18.0. The Kier molecular flexibility index (Phi) is 5.91. The Balaban J connectivity index is 1.88. The van der Waals surface area contributed by atoms with Crippen molar-refractivity contribution in [1.82, 2.24) is 4.57 Å². The molecular weight excluding hydrogens is 402 g/mol. The third-order valence-corrected chi connectivity index (χ3v) is 5.66. The Hall–Kier alpha value is -3.00. The zero-order valence-electron chi connectivity index (χ0n) is 18.0. The van der Waals surface area contributed by atoms with Crippen molar-refractivity contribution in [2.45, 2.75) is 44.8 Å². The highest BCUT2D eigenvalue weighted by Crippen LogP contribution is 2.50. The Morgan fingerprint density at radius 2 is 1.97 bits per heavy atom. The predicted molar refractivity (Wildman–Crippen MR) is 114 cm³/mol. The highest BCUT2D eigenvalue weighted by atomic mass is 16.5. The third-order valence-electron chi connectivity index (χ3n) is 5.66. The lowest BCUT2D eigenvalue weighted by atomic mass is 9.93. The van der Waals surface area contributed by atoms with Gasteiger partial charge in [-0.1, -0.05) is 6.92 Å². The molecule has 1 saturated carbocycles. The van der Waals surface area contributed by atoms with Crippen LogP contribution in [0.4, 0.5) is 0 Å². The number of carbonyl (C=O) groups is 1. The molecule has 0 amide bonds. The summed E-state index contributed by atoms with van der Waals surface area (Å²) in [5.41, 5.74) is 1.45. The van der Waals surface area contributed by atoms with E-state index < -0.39 is 11.5 Å². The van der Waals surface area contributed by atoms with Crippen LogP contribution in [0, 0.1) is 0 Å². The van der Waals surface area contributed by atoms with Gasteiger partial charge in [0, 0.05) is 43.4 Å². The van der Waals surface area contributed by atoms with Crippen LogP contribution in [0.15, 0.2) is 23.0 Å². The van der Waals surface area contributed by atoms with Crippen LogP contribution in [-0.4, -0.2) is 43.1 Å². The molecular formula is C23H27NO7. The van der Waals surface area contributed by atoms with Crippen LogP contribution in [0.3, 0.4) is 0 Å². The normalized spacial score (nSPS) is 16.8. The summed E-state index contributed by atoms with van der Waals surface area (Å²) >= 11 is 0. The lowest BCUT2D eigenvalue weighted by Gasteiger charge is -2.31. The summed E-state index contributed by atoms with van der Waals surface area (Å²) in [5, 5.41) is 9.59. The Bertz CT molecular complexity index is 1050. The van der Waals surface area contributed by atoms with E-state index in [4.69, 9.17) is 18.9 Å². The maximum absolute atomic E-state index is 13.1. The molecule has 8 nitrogen and oxygen atoms in total. The molecule has 1 aliphatic heterocycles. The number of ether oxygens (including phenoxy) is 4. The molecule has 1 aliphatic carbocycles. The molecule has 1 atom stereocenters. The van der Waals surface area contributed by atoms with E-state index >= 15 is 0 Å². The minimum absolute atomic E-state index is 0.0000265. The minimum atomic E-state index is -1.22. The number of fused-ring (bicyclic) bond motifs is 3. The topological polar surface area (TPSA) is 96.2 Å². The number of carboxylic acids is 1. The zero-order chi connectivity index (χ0) is 22.1. The molecule has 1 aromatic carbocycles. The molecule has 1 aromatic heterocycles. The lowest BCUT2D eigenvalue weighted by Crippen LogP contribution is -2.31. The van der Waals surface area contributed by atoms with E-state index in [0.29, 0.717) is 42.4 Å². The van der Waals surface area contributed by atoms with Gasteiger partial charge in [-0.05, 0) is 31.4 Å². The van der Waals surface area contributed by atoms with Gasteiger partial charge < -0.3 is 28.6 Å². The molecule has 31 heavy (non-hydrogen) atoms. The Labute approximate surface area is 180 Å². The highest BCUT2D eigenvalue weighted by molar-refractivity contribution is 5.89. The van der Waals surface area contributed by atoms with Gasteiger partial charge in [-0.2, -0.15) is 0 Å². The second kappa shape index (κ2) is 8.63. The summed E-state index contributed by atoms with van der Waals surface area (Å²) in [4.78, 5) is 24.8. The lowest BCUT2D eigenvalue weighted by molar-refractivity contribution is 0.0693. The molecule has 1 N–H and O–H groups in total. The number of pyridine rings is 1. The van der Waals surface area contributed by atoms with E-state index in [9.17, 15) is 14.7 Å². The average Bonchev–Trinajstić information content (AvgIpc) is 3.60. The van der Waals surface area contributed by atoms with Crippen molar-refractivity contribution in [2.75, 3.05) is 27.4 Å². The Morgan fingerprint density at radius 1 is 1.19 bits per heavy atom. The van der Waals surface area contributed by atoms with E-state index in [2.05, 4.69) is 0 Å². The number of hydrogen-bond acceptors (Lipinski definition) is 6. The number of carboxylic acid groups (broad SMARTS) is 1. The van der Waals surface area contributed by atoms with Crippen LogP contribution in [0.1, 0.15) is 60.7 Å². The van der Waals surface area contributed by atoms with E-state index in [1.807, 2.05) is 13.0 Å². The van der Waals surface area contributed by atoms with Crippen molar-refractivity contribution in [3.8, 4) is 28.5 Å². The van der Waals surface area contributed by atoms with Gasteiger partial charge in [0.2, 0.25) is 0 Å². The standard InChI is InChI=1S/C23H27NO7/c1-4-17-14-10-16(23(26)27)22(25)24(13-6-7-13)21(14)15-11-19(29-3)20(12-18(15)31-17)30-9-5-8-28-2/h10-13,17H,4-9H2,1-3H3,(H,26,27). The van der Waals surface area contributed by atoms with E-state index in [-0.39, 0.29) is 17.7 Å². The molecule has 0 spiro atoms. The molecule has 1 unspecified atom stereocenters. The summed E-state index contributed by atoms with van der Waals surface area (Å²) in [7, 11) is 3.20. The number of methoxy groups -OCH3 is 2. The maximum atomic E-state index is 13.1. The molecule has 2 aliphatic rings. The van der Waals surface area contributed by atoms with Crippen LogP contribution < -0.4 is 19.8 Å². The van der Waals surface area contributed by atoms with Gasteiger partial charge in [0.25, 0.3) is 5.56 Å². The first-order valence-corrected chi connectivity index (χ1v) is 10.5. The van der Waals surface area contributed by atoms with Crippen LogP contribution in [0.2, 0.25) is 0 Å². The van der Waals surface area contributed by atoms with E-state index in [0.717, 1.165) is 30.5 Å². The molecule has 0 saturated heterocycles.